The lowest BCUT2D eigenvalue weighted by Crippen LogP contribution is -1.98. The third-order valence-corrected chi connectivity index (χ3v) is 8.00. The Morgan fingerprint density at radius 1 is 0.512 bits per heavy atom. The van der Waals surface area contributed by atoms with E-state index in [1.54, 1.807) is 0 Å². The van der Waals surface area contributed by atoms with Gasteiger partial charge in [-0.05, 0) is 48.0 Å². The lowest BCUT2D eigenvalue weighted by molar-refractivity contribution is 0.663. The predicted molar refractivity (Wildman–Crippen MR) is 166 cm³/mol. The maximum absolute atomic E-state index is 6.56. The van der Waals surface area contributed by atoms with Crippen LogP contribution in [0.25, 0.3) is 83.1 Å². The largest absolute Gasteiger partial charge is 0.455 e. The summed E-state index contributed by atoms with van der Waals surface area (Å²) in [7, 11) is 0. The Balaban J connectivity index is 1.36. The Bertz CT molecular complexity index is 2430. The maximum Gasteiger partial charge on any atom is 0.147 e. The Morgan fingerprint density at radius 2 is 1.20 bits per heavy atom. The van der Waals surface area contributed by atoms with Gasteiger partial charge in [-0.25, -0.2) is 4.98 Å². The van der Waals surface area contributed by atoms with Crippen LogP contribution in [0.2, 0.25) is 0 Å². The molecule has 3 heterocycles. The van der Waals surface area contributed by atoms with E-state index in [9.17, 15) is 0 Å². The first-order valence-electron chi connectivity index (χ1n) is 13.7. The molecular weight excluding hydrogens is 504 g/mol. The van der Waals surface area contributed by atoms with E-state index in [-0.39, 0.29) is 0 Å². The van der Waals surface area contributed by atoms with E-state index >= 15 is 0 Å². The zero-order chi connectivity index (χ0) is 26.9. The Morgan fingerprint density at radius 3 is 2.07 bits per heavy atom. The molecule has 3 aromatic heterocycles. The second-order valence-electron chi connectivity index (χ2n) is 10.4. The van der Waals surface area contributed by atoms with E-state index in [1.165, 1.54) is 0 Å². The van der Waals surface area contributed by atoms with Crippen LogP contribution in [0.15, 0.2) is 142 Å². The van der Waals surface area contributed by atoms with Crippen LogP contribution in [0.3, 0.4) is 0 Å². The van der Waals surface area contributed by atoms with Crippen molar-refractivity contribution in [2.75, 3.05) is 0 Å². The molecule has 0 aliphatic carbocycles. The highest BCUT2D eigenvalue weighted by molar-refractivity contribution is 6.25. The number of aromatic nitrogens is 2. The molecule has 9 rings (SSSR count). The number of imidazole rings is 1. The first kappa shape index (κ1) is 22.2. The smallest absolute Gasteiger partial charge is 0.147 e. The van der Waals surface area contributed by atoms with Crippen molar-refractivity contribution in [3.63, 3.8) is 0 Å². The Labute approximate surface area is 234 Å². The van der Waals surface area contributed by atoms with Gasteiger partial charge in [-0.3, -0.25) is 4.57 Å². The van der Waals surface area contributed by atoms with E-state index in [0.717, 1.165) is 83.1 Å². The molecule has 0 saturated carbocycles. The van der Waals surface area contributed by atoms with Gasteiger partial charge in [0.2, 0.25) is 0 Å². The van der Waals surface area contributed by atoms with Gasteiger partial charge >= 0.3 is 0 Å². The van der Waals surface area contributed by atoms with Crippen molar-refractivity contribution in [2.24, 2.45) is 0 Å². The van der Waals surface area contributed by atoms with E-state index in [1.807, 2.05) is 42.5 Å². The normalized spacial score (nSPS) is 11.9. The molecule has 0 bridgehead atoms. The first-order valence-corrected chi connectivity index (χ1v) is 13.7. The second-order valence-corrected chi connectivity index (χ2v) is 10.4. The lowest BCUT2D eigenvalue weighted by atomic mass is 9.98. The molecule has 0 saturated heterocycles. The molecule has 0 N–H and O–H groups in total. The molecule has 0 radical (unpaired) electrons. The standard InChI is InChI=1S/C37H22N2O2/c1-2-11-23(12-3-1)37-38-30-17-6-7-18-31(30)39(37)25-14-10-13-24(21-25)28-22-29-26-15-4-8-19-32(26)40-36(29)34-27-16-5-9-20-33(27)41-35(28)34/h1-22H. The van der Waals surface area contributed by atoms with Gasteiger partial charge < -0.3 is 8.83 Å². The molecule has 0 fully saturated rings. The molecule has 0 unspecified atom stereocenters. The fraction of sp³-hybridized carbons (Fsp3) is 0. The number of hydrogen-bond acceptors (Lipinski definition) is 3. The molecule has 4 nitrogen and oxygen atoms in total. The van der Waals surface area contributed by atoms with Gasteiger partial charge in [-0.15, -0.1) is 0 Å². The summed E-state index contributed by atoms with van der Waals surface area (Å²) in [6.45, 7) is 0. The average molecular weight is 527 g/mol. The van der Waals surface area contributed by atoms with Crippen LogP contribution in [0.1, 0.15) is 0 Å². The Hall–Kier alpha value is -5.61. The summed E-state index contributed by atoms with van der Waals surface area (Å²) in [6.07, 6.45) is 0. The minimum Gasteiger partial charge on any atom is -0.455 e. The lowest BCUT2D eigenvalue weighted by Gasteiger charge is -2.12. The van der Waals surface area contributed by atoms with Gasteiger partial charge in [0.1, 0.15) is 28.2 Å². The van der Waals surface area contributed by atoms with Crippen LogP contribution in [0.4, 0.5) is 0 Å². The van der Waals surface area contributed by atoms with Gasteiger partial charge in [0.15, 0.2) is 0 Å². The molecule has 4 heteroatoms. The highest BCUT2D eigenvalue weighted by Crippen LogP contribution is 2.44. The van der Waals surface area contributed by atoms with Crippen LogP contribution < -0.4 is 0 Å². The first-order chi connectivity index (χ1) is 20.3. The molecule has 9 aromatic rings. The third-order valence-electron chi connectivity index (χ3n) is 8.00. The summed E-state index contributed by atoms with van der Waals surface area (Å²) in [6, 6.07) is 45.9. The van der Waals surface area contributed by atoms with E-state index < -0.39 is 0 Å². The fourth-order valence-corrected chi connectivity index (χ4v) is 6.16. The summed E-state index contributed by atoms with van der Waals surface area (Å²) < 4.78 is 15.2. The van der Waals surface area contributed by atoms with Crippen molar-refractivity contribution in [2.45, 2.75) is 0 Å². The predicted octanol–water partition coefficient (Wildman–Crippen LogP) is 10.2. The maximum atomic E-state index is 6.56. The van der Waals surface area contributed by atoms with Crippen LogP contribution in [-0.2, 0) is 0 Å². The molecule has 0 atom stereocenters. The number of hydrogen-bond donors (Lipinski definition) is 0. The number of rotatable bonds is 3. The van der Waals surface area contributed by atoms with Gasteiger partial charge in [0.25, 0.3) is 0 Å². The summed E-state index contributed by atoms with van der Waals surface area (Å²) in [5, 5.41) is 4.24. The van der Waals surface area contributed by atoms with Crippen molar-refractivity contribution < 1.29 is 8.83 Å². The number of furan rings is 2. The van der Waals surface area contributed by atoms with Gasteiger partial charge in [0, 0.05) is 33.0 Å². The molecule has 41 heavy (non-hydrogen) atoms. The average Bonchev–Trinajstić information content (AvgIpc) is 3.72. The van der Waals surface area contributed by atoms with Crippen molar-refractivity contribution >= 4 is 54.9 Å². The zero-order valence-electron chi connectivity index (χ0n) is 21.9. The number of benzene rings is 6. The number of fused-ring (bicyclic) bond motifs is 8. The van der Waals surface area contributed by atoms with Crippen molar-refractivity contribution in [3.8, 4) is 28.2 Å². The highest BCUT2D eigenvalue weighted by Gasteiger charge is 2.21. The topological polar surface area (TPSA) is 44.1 Å². The molecule has 0 aliphatic heterocycles. The van der Waals surface area contributed by atoms with Crippen LogP contribution in [0, 0.1) is 0 Å². The number of nitrogens with zero attached hydrogens (tertiary/aromatic N) is 2. The number of para-hydroxylation sites is 4. The summed E-state index contributed by atoms with van der Waals surface area (Å²) >= 11 is 0. The highest BCUT2D eigenvalue weighted by atomic mass is 16.3. The summed E-state index contributed by atoms with van der Waals surface area (Å²) in [5.41, 5.74) is 9.63. The van der Waals surface area contributed by atoms with Crippen molar-refractivity contribution in [3.05, 3.63) is 133 Å². The molecule has 0 amide bonds. The van der Waals surface area contributed by atoms with Crippen molar-refractivity contribution in [1.82, 2.24) is 9.55 Å². The second kappa shape index (κ2) is 8.44. The molecule has 192 valence electrons. The molecular formula is C37H22N2O2. The van der Waals surface area contributed by atoms with Crippen LogP contribution >= 0.6 is 0 Å². The molecule has 0 aliphatic rings. The molecule has 0 spiro atoms. The van der Waals surface area contributed by atoms with Crippen molar-refractivity contribution in [1.29, 1.82) is 0 Å². The van der Waals surface area contributed by atoms with E-state index in [0.29, 0.717) is 0 Å². The van der Waals surface area contributed by atoms with Crippen LogP contribution in [0.5, 0.6) is 0 Å². The van der Waals surface area contributed by atoms with E-state index in [4.69, 9.17) is 13.8 Å². The minimum atomic E-state index is 0.827. The van der Waals surface area contributed by atoms with Gasteiger partial charge in [0.05, 0.1) is 16.4 Å². The minimum absolute atomic E-state index is 0.827. The monoisotopic (exact) mass is 526 g/mol. The Kier molecular flexibility index (Phi) is 4.58. The quantitative estimate of drug-likeness (QED) is 0.230. The SMILES string of the molecule is c1ccc(-c2nc3ccccc3n2-c2cccc(-c3cc4c5ccccc5oc4c4c3oc3ccccc34)c2)cc1. The summed E-state index contributed by atoms with van der Waals surface area (Å²) in [4.78, 5) is 5.04. The fourth-order valence-electron chi connectivity index (χ4n) is 6.16. The third kappa shape index (κ3) is 3.25. The summed E-state index contributed by atoms with van der Waals surface area (Å²) in [5.74, 6) is 0.911. The zero-order valence-corrected chi connectivity index (χ0v) is 21.9. The van der Waals surface area contributed by atoms with Gasteiger partial charge in [-0.1, -0.05) is 91.0 Å². The van der Waals surface area contributed by atoms with Gasteiger partial charge in [-0.2, -0.15) is 0 Å². The molecule has 6 aromatic carbocycles. The van der Waals surface area contributed by atoms with E-state index in [2.05, 4.69) is 95.6 Å². The van der Waals surface area contributed by atoms with Crippen LogP contribution in [-0.4, -0.2) is 9.55 Å².